The number of rotatable bonds is 9. The van der Waals surface area contributed by atoms with Gasteiger partial charge in [0.25, 0.3) is 11.8 Å². The SMILES string of the molecule is COc1cc(/C=C2\C(=O)NC(=O)N(c3ccc(OCc4ccc(C)cc4)cc3)C2=O)cc(Cl)c1OCc1ccccc1. The normalized spacial score (nSPS) is 14.1. The van der Waals surface area contributed by atoms with Gasteiger partial charge in [-0.1, -0.05) is 71.8 Å². The number of carbonyl (C=O) groups is 3. The Labute approximate surface area is 248 Å². The molecule has 0 saturated carbocycles. The number of barbiturate groups is 1. The second kappa shape index (κ2) is 12.6. The van der Waals surface area contributed by atoms with Gasteiger partial charge in [-0.2, -0.15) is 0 Å². The third kappa shape index (κ3) is 6.45. The Bertz CT molecular complexity index is 1650. The van der Waals surface area contributed by atoms with Gasteiger partial charge in [0, 0.05) is 0 Å². The van der Waals surface area contributed by atoms with E-state index in [1.165, 1.54) is 13.2 Å². The van der Waals surface area contributed by atoms with Crippen molar-refractivity contribution in [2.45, 2.75) is 20.1 Å². The summed E-state index contributed by atoms with van der Waals surface area (Å²) in [5.41, 5.74) is 3.56. The van der Waals surface area contributed by atoms with E-state index in [1.807, 2.05) is 61.5 Å². The Kier molecular flexibility index (Phi) is 8.55. The lowest BCUT2D eigenvalue weighted by atomic mass is 10.1. The highest BCUT2D eigenvalue weighted by atomic mass is 35.5. The number of aryl methyl sites for hydroxylation is 1. The Hall–Kier alpha value is -5.08. The van der Waals surface area contributed by atoms with Gasteiger partial charge in [-0.25, -0.2) is 9.69 Å². The van der Waals surface area contributed by atoms with Crippen LogP contribution >= 0.6 is 11.6 Å². The molecule has 0 unspecified atom stereocenters. The molecule has 4 aromatic rings. The van der Waals surface area contributed by atoms with E-state index >= 15 is 0 Å². The molecule has 4 aromatic carbocycles. The quantitative estimate of drug-likeness (QED) is 0.179. The number of nitrogens with one attached hydrogen (secondary N) is 1. The van der Waals surface area contributed by atoms with E-state index < -0.39 is 17.8 Å². The summed E-state index contributed by atoms with van der Waals surface area (Å²) in [5.74, 6) is -0.392. The highest BCUT2D eigenvalue weighted by molar-refractivity contribution is 6.39. The van der Waals surface area contributed by atoms with Gasteiger partial charge in [0.05, 0.1) is 17.8 Å². The van der Waals surface area contributed by atoms with E-state index in [0.717, 1.165) is 21.6 Å². The Morgan fingerprint density at radius 2 is 1.50 bits per heavy atom. The van der Waals surface area contributed by atoms with Crippen molar-refractivity contribution in [2.24, 2.45) is 0 Å². The second-order valence-electron chi connectivity index (χ2n) is 9.53. The lowest BCUT2D eigenvalue weighted by Crippen LogP contribution is -2.54. The molecule has 0 aliphatic carbocycles. The van der Waals surface area contributed by atoms with Gasteiger partial charge in [-0.3, -0.25) is 14.9 Å². The maximum absolute atomic E-state index is 13.4. The molecule has 0 bridgehead atoms. The number of methoxy groups -OCH3 is 1. The molecular weight excluding hydrogens is 556 g/mol. The molecule has 212 valence electrons. The maximum Gasteiger partial charge on any atom is 0.335 e. The molecule has 1 N–H and O–H groups in total. The molecule has 8 nitrogen and oxygen atoms in total. The molecule has 1 heterocycles. The maximum atomic E-state index is 13.4. The largest absolute Gasteiger partial charge is 0.493 e. The summed E-state index contributed by atoms with van der Waals surface area (Å²) in [5, 5.41) is 2.46. The average Bonchev–Trinajstić information content (AvgIpc) is 2.99. The third-order valence-electron chi connectivity index (χ3n) is 6.51. The van der Waals surface area contributed by atoms with Crippen LogP contribution < -0.4 is 24.4 Å². The minimum Gasteiger partial charge on any atom is -0.493 e. The van der Waals surface area contributed by atoms with E-state index in [2.05, 4.69) is 5.32 Å². The van der Waals surface area contributed by atoms with Crippen LogP contribution in [0.15, 0.2) is 96.6 Å². The highest BCUT2D eigenvalue weighted by Crippen LogP contribution is 2.38. The first-order valence-corrected chi connectivity index (χ1v) is 13.4. The van der Waals surface area contributed by atoms with Gasteiger partial charge < -0.3 is 14.2 Å². The number of ether oxygens (including phenoxy) is 3. The number of amides is 4. The zero-order chi connectivity index (χ0) is 29.6. The van der Waals surface area contributed by atoms with Crippen LogP contribution in [0.1, 0.15) is 22.3 Å². The lowest BCUT2D eigenvalue weighted by Gasteiger charge is -2.26. The number of carbonyl (C=O) groups excluding carboxylic acids is 3. The van der Waals surface area contributed by atoms with Crippen molar-refractivity contribution in [3.63, 3.8) is 0 Å². The molecule has 9 heteroatoms. The predicted molar refractivity (Wildman–Crippen MR) is 160 cm³/mol. The highest BCUT2D eigenvalue weighted by Gasteiger charge is 2.37. The molecule has 5 rings (SSSR count). The molecule has 0 spiro atoms. The van der Waals surface area contributed by atoms with Crippen molar-refractivity contribution < 1.29 is 28.6 Å². The van der Waals surface area contributed by atoms with Crippen LogP contribution in [0, 0.1) is 6.92 Å². The number of halogens is 1. The van der Waals surface area contributed by atoms with E-state index in [1.54, 1.807) is 36.4 Å². The smallest absolute Gasteiger partial charge is 0.335 e. The predicted octanol–water partition coefficient (Wildman–Crippen LogP) is 6.48. The zero-order valence-electron chi connectivity index (χ0n) is 22.9. The van der Waals surface area contributed by atoms with Gasteiger partial charge in [0.1, 0.15) is 24.5 Å². The summed E-state index contributed by atoms with van der Waals surface area (Å²) < 4.78 is 17.2. The molecule has 1 aliphatic rings. The van der Waals surface area contributed by atoms with Crippen molar-refractivity contribution in [1.82, 2.24) is 5.32 Å². The van der Waals surface area contributed by atoms with E-state index in [9.17, 15) is 14.4 Å². The van der Waals surface area contributed by atoms with Crippen LogP contribution in [0.5, 0.6) is 17.2 Å². The fourth-order valence-corrected chi connectivity index (χ4v) is 4.57. The van der Waals surface area contributed by atoms with E-state index in [-0.39, 0.29) is 22.9 Å². The molecule has 1 fully saturated rings. The summed E-state index contributed by atoms with van der Waals surface area (Å²) in [6, 6.07) is 26.3. The monoisotopic (exact) mass is 582 g/mol. The molecule has 1 aliphatic heterocycles. The minimum absolute atomic E-state index is 0.231. The van der Waals surface area contributed by atoms with Crippen LogP contribution in [-0.4, -0.2) is 25.0 Å². The topological polar surface area (TPSA) is 94.2 Å². The summed E-state index contributed by atoms with van der Waals surface area (Å²) in [7, 11) is 1.46. The van der Waals surface area contributed by atoms with Crippen LogP contribution in [0.4, 0.5) is 10.5 Å². The zero-order valence-corrected chi connectivity index (χ0v) is 23.7. The number of imide groups is 2. The number of benzene rings is 4. The number of nitrogens with zero attached hydrogens (tertiary/aromatic N) is 1. The Balaban J connectivity index is 1.34. The number of anilines is 1. The second-order valence-corrected chi connectivity index (χ2v) is 9.94. The summed E-state index contributed by atoms with van der Waals surface area (Å²) in [4.78, 5) is 39.7. The van der Waals surface area contributed by atoms with Crippen LogP contribution in [0.2, 0.25) is 5.02 Å². The van der Waals surface area contributed by atoms with Crippen molar-refractivity contribution in [1.29, 1.82) is 0 Å². The first-order valence-electron chi connectivity index (χ1n) is 13.1. The molecule has 0 radical (unpaired) electrons. The standard InChI is InChI=1S/C33H27ClN2O6/c1-21-8-10-23(11-9-21)19-41-26-14-12-25(13-15-26)36-32(38)27(31(37)35-33(36)39)16-24-17-28(34)30(29(18-24)40-2)42-20-22-6-4-3-5-7-22/h3-18H,19-20H2,1-2H3,(H,35,37,39)/b27-16+. The van der Waals surface area contributed by atoms with Crippen LogP contribution in [0.3, 0.4) is 0 Å². The Morgan fingerprint density at radius 3 is 2.19 bits per heavy atom. The van der Waals surface area contributed by atoms with Crippen molar-refractivity contribution in [2.75, 3.05) is 12.0 Å². The van der Waals surface area contributed by atoms with E-state index in [0.29, 0.717) is 29.4 Å². The molecule has 1 saturated heterocycles. The fourth-order valence-electron chi connectivity index (χ4n) is 4.29. The molecule has 0 atom stereocenters. The Morgan fingerprint density at radius 1 is 0.833 bits per heavy atom. The first kappa shape index (κ1) is 28.4. The number of urea groups is 1. The van der Waals surface area contributed by atoms with Crippen LogP contribution in [0.25, 0.3) is 6.08 Å². The molecule has 4 amide bonds. The van der Waals surface area contributed by atoms with Crippen LogP contribution in [-0.2, 0) is 22.8 Å². The number of hydrogen-bond donors (Lipinski definition) is 1. The summed E-state index contributed by atoms with van der Waals surface area (Å²) in [6.45, 7) is 2.65. The van der Waals surface area contributed by atoms with E-state index in [4.69, 9.17) is 25.8 Å². The van der Waals surface area contributed by atoms with Gasteiger partial charge in [-0.05, 0) is 66.1 Å². The third-order valence-corrected chi connectivity index (χ3v) is 6.79. The van der Waals surface area contributed by atoms with Crippen molar-refractivity contribution in [3.05, 3.63) is 124 Å². The molecule has 42 heavy (non-hydrogen) atoms. The average molecular weight is 583 g/mol. The minimum atomic E-state index is -0.851. The molecule has 0 aromatic heterocycles. The summed E-state index contributed by atoms with van der Waals surface area (Å²) >= 11 is 6.51. The molecular formula is C33H27ClN2O6. The fraction of sp³-hybridized carbons (Fsp3) is 0.121. The van der Waals surface area contributed by atoms with Gasteiger partial charge >= 0.3 is 6.03 Å². The van der Waals surface area contributed by atoms with Gasteiger partial charge in [0.15, 0.2) is 11.5 Å². The van der Waals surface area contributed by atoms with Crippen molar-refractivity contribution in [3.8, 4) is 17.2 Å². The van der Waals surface area contributed by atoms with Crippen molar-refractivity contribution >= 4 is 41.2 Å². The number of hydrogen-bond acceptors (Lipinski definition) is 6. The van der Waals surface area contributed by atoms with Gasteiger partial charge in [-0.15, -0.1) is 0 Å². The van der Waals surface area contributed by atoms with Gasteiger partial charge in [0.2, 0.25) is 0 Å². The lowest BCUT2D eigenvalue weighted by molar-refractivity contribution is -0.122. The summed E-state index contributed by atoms with van der Waals surface area (Å²) in [6.07, 6.45) is 1.35. The first-order chi connectivity index (χ1) is 20.3.